The Labute approximate surface area is 154 Å². The molecule has 0 atom stereocenters. The smallest absolute Gasteiger partial charge is 0.354 e. The third-order valence-corrected chi connectivity index (χ3v) is 4.61. The zero-order valence-corrected chi connectivity index (χ0v) is 16.6. The SMILES string of the molecule is CCCCCCCCCCCCCCCCNC(=O)COS(=O)(=O)O. The van der Waals surface area contributed by atoms with E-state index in [9.17, 15) is 13.2 Å². The standard InChI is InChI=1S/C18H37NO5S/c1-2-3-4-5-6-7-8-9-10-11-12-13-14-15-16-19-18(20)17-24-25(21,22)23/h2-17H2,1H3,(H,19,20)(H,21,22,23). The van der Waals surface area contributed by atoms with Crippen LogP contribution in [0.2, 0.25) is 0 Å². The molecule has 0 aromatic heterocycles. The molecule has 0 aliphatic rings. The normalized spacial score (nSPS) is 11.6. The quantitative estimate of drug-likeness (QED) is 0.272. The van der Waals surface area contributed by atoms with Gasteiger partial charge < -0.3 is 5.32 Å². The average Bonchev–Trinajstić information content (AvgIpc) is 2.56. The van der Waals surface area contributed by atoms with E-state index in [4.69, 9.17) is 4.55 Å². The molecule has 0 saturated heterocycles. The summed E-state index contributed by atoms with van der Waals surface area (Å²) >= 11 is 0. The third kappa shape index (κ3) is 21.3. The van der Waals surface area contributed by atoms with Crippen molar-refractivity contribution >= 4 is 16.3 Å². The molecule has 6 nitrogen and oxygen atoms in total. The molecule has 25 heavy (non-hydrogen) atoms. The highest BCUT2D eigenvalue weighted by molar-refractivity contribution is 7.80. The van der Waals surface area contributed by atoms with E-state index in [0.717, 1.165) is 19.3 Å². The van der Waals surface area contributed by atoms with Crippen molar-refractivity contribution < 1.29 is 21.9 Å². The van der Waals surface area contributed by atoms with Crippen molar-refractivity contribution in [3.63, 3.8) is 0 Å². The molecule has 1 amide bonds. The summed E-state index contributed by atoms with van der Waals surface area (Å²) in [6, 6.07) is 0. The van der Waals surface area contributed by atoms with Crippen LogP contribution in [0.3, 0.4) is 0 Å². The third-order valence-electron chi connectivity index (χ3n) is 4.19. The Morgan fingerprint density at radius 2 is 1.20 bits per heavy atom. The summed E-state index contributed by atoms with van der Waals surface area (Å²) < 4.78 is 32.9. The van der Waals surface area contributed by atoms with Crippen LogP contribution in [-0.4, -0.2) is 32.0 Å². The molecule has 0 aromatic rings. The molecule has 0 aromatic carbocycles. The molecule has 7 heteroatoms. The molecule has 0 aliphatic carbocycles. The average molecular weight is 380 g/mol. The lowest BCUT2D eigenvalue weighted by Crippen LogP contribution is -2.29. The van der Waals surface area contributed by atoms with Crippen molar-refractivity contribution in [2.75, 3.05) is 13.2 Å². The van der Waals surface area contributed by atoms with Gasteiger partial charge in [0, 0.05) is 6.54 Å². The minimum atomic E-state index is -4.54. The Morgan fingerprint density at radius 1 is 0.800 bits per heavy atom. The summed E-state index contributed by atoms with van der Waals surface area (Å²) in [7, 11) is -4.54. The molecule has 0 heterocycles. The number of rotatable bonds is 18. The molecule has 0 rings (SSSR count). The molecule has 150 valence electrons. The molecular weight excluding hydrogens is 342 g/mol. The molecule has 0 spiro atoms. The Hall–Kier alpha value is -0.660. The summed E-state index contributed by atoms with van der Waals surface area (Å²) in [6.07, 6.45) is 17.9. The number of hydrogen-bond donors (Lipinski definition) is 2. The lowest BCUT2D eigenvalue weighted by Gasteiger charge is -2.05. The second-order valence-electron chi connectivity index (χ2n) is 6.64. The van der Waals surface area contributed by atoms with Crippen LogP contribution in [0.25, 0.3) is 0 Å². The highest BCUT2D eigenvalue weighted by atomic mass is 32.3. The Kier molecular flexibility index (Phi) is 16.3. The molecular formula is C18H37NO5S. The first-order chi connectivity index (χ1) is 12.0. The van der Waals surface area contributed by atoms with Gasteiger partial charge in [-0.15, -0.1) is 0 Å². The van der Waals surface area contributed by atoms with Crippen LogP contribution < -0.4 is 5.32 Å². The van der Waals surface area contributed by atoms with Gasteiger partial charge in [-0.3, -0.25) is 9.35 Å². The maximum absolute atomic E-state index is 11.2. The zero-order chi connectivity index (χ0) is 18.8. The maximum atomic E-state index is 11.2. The lowest BCUT2D eigenvalue weighted by molar-refractivity contribution is -0.123. The summed E-state index contributed by atoms with van der Waals surface area (Å²) in [5.74, 6) is -0.535. The van der Waals surface area contributed by atoms with Crippen molar-refractivity contribution in [2.24, 2.45) is 0 Å². The Morgan fingerprint density at radius 3 is 1.60 bits per heavy atom. The number of amides is 1. The van der Waals surface area contributed by atoms with Gasteiger partial charge in [0.15, 0.2) is 0 Å². The van der Waals surface area contributed by atoms with Crippen LogP contribution >= 0.6 is 0 Å². The molecule has 0 aliphatic heterocycles. The van der Waals surface area contributed by atoms with Crippen molar-refractivity contribution in [1.82, 2.24) is 5.32 Å². The number of unbranched alkanes of at least 4 members (excludes halogenated alkanes) is 13. The van der Waals surface area contributed by atoms with Crippen molar-refractivity contribution in [1.29, 1.82) is 0 Å². The van der Waals surface area contributed by atoms with Crippen molar-refractivity contribution in [2.45, 2.75) is 96.8 Å². The monoisotopic (exact) mass is 379 g/mol. The first-order valence-corrected chi connectivity index (χ1v) is 11.2. The molecule has 0 fully saturated rings. The number of carbonyl (C=O) groups is 1. The topological polar surface area (TPSA) is 92.7 Å². The van der Waals surface area contributed by atoms with Gasteiger partial charge in [0.25, 0.3) is 0 Å². The van der Waals surface area contributed by atoms with Gasteiger partial charge in [-0.2, -0.15) is 8.42 Å². The van der Waals surface area contributed by atoms with Gasteiger partial charge in [-0.05, 0) is 6.42 Å². The predicted molar refractivity (Wildman–Crippen MR) is 101 cm³/mol. The number of nitrogens with one attached hydrogen (secondary N) is 1. The number of hydrogen-bond acceptors (Lipinski definition) is 4. The summed E-state index contributed by atoms with van der Waals surface area (Å²) in [5, 5.41) is 2.56. The van der Waals surface area contributed by atoms with E-state index in [0.29, 0.717) is 6.54 Å². The lowest BCUT2D eigenvalue weighted by atomic mass is 10.0. The summed E-state index contributed by atoms with van der Waals surface area (Å²) in [5.41, 5.74) is 0. The van der Waals surface area contributed by atoms with Crippen molar-refractivity contribution in [3.8, 4) is 0 Å². The fraction of sp³-hybridized carbons (Fsp3) is 0.944. The van der Waals surface area contributed by atoms with Gasteiger partial charge in [0.1, 0.15) is 6.61 Å². The van der Waals surface area contributed by atoms with Gasteiger partial charge >= 0.3 is 10.4 Å². The minimum Gasteiger partial charge on any atom is -0.354 e. The second kappa shape index (κ2) is 16.8. The molecule has 0 unspecified atom stereocenters. The second-order valence-corrected chi connectivity index (χ2v) is 7.73. The van der Waals surface area contributed by atoms with E-state index in [1.54, 1.807) is 0 Å². The number of carbonyl (C=O) groups excluding carboxylic acids is 1. The van der Waals surface area contributed by atoms with E-state index in [-0.39, 0.29) is 0 Å². The van der Waals surface area contributed by atoms with Gasteiger partial charge in [-0.25, -0.2) is 4.18 Å². The first kappa shape index (κ1) is 24.3. The van der Waals surface area contributed by atoms with Crippen LogP contribution in [-0.2, 0) is 19.4 Å². The highest BCUT2D eigenvalue weighted by Crippen LogP contribution is 2.12. The van der Waals surface area contributed by atoms with Crippen molar-refractivity contribution in [3.05, 3.63) is 0 Å². The van der Waals surface area contributed by atoms with Crippen LogP contribution in [0, 0.1) is 0 Å². The molecule has 0 saturated carbocycles. The van der Waals surface area contributed by atoms with Crippen LogP contribution in [0.15, 0.2) is 0 Å². The van der Waals surface area contributed by atoms with E-state index >= 15 is 0 Å². The van der Waals surface area contributed by atoms with E-state index in [1.807, 2.05) is 0 Å². The largest absolute Gasteiger partial charge is 0.397 e. The maximum Gasteiger partial charge on any atom is 0.397 e. The van der Waals surface area contributed by atoms with E-state index in [2.05, 4.69) is 16.4 Å². The molecule has 2 N–H and O–H groups in total. The Balaban J connectivity index is 3.17. The van der Waals surface area contributed by atoms with Crippen LogP contribution in [0.1, 0.15) is 96.8 Å². The summed E-state index contributed by atoms with van der Waals surface area (Å²) in [6.45, 7) is 2.09. The zero-order valence-electron chi connectivity index (χ0n) is 15.8. The van der Waals surface area contributed by atoms with E-state index < -0.39 is 22.9 Å². The van der Waals surface area contributed by atoms with Gasteiger partial charge in [-0.1, -0.05) is 90.4 Å². The molecule has 0 radical (unpaired) electrons. The molecule has 0 bridgehead atoms. The predicted octanol–water partition coefficient (Wildman–Crippen LogP) is 4.40. The van der Waals surface area contributed by atoms with Crippen LogP contribution in [0.4, 0.5) is 0 Å². The van der Waals surface area contributed by atoms with Crippen LogP contribution in [0.5, 0.6) is 0 Å². The Bertz CT molecular complexity index is 412. The first-order valence-electron chi connectivity index (χ1n) is 9.84. The van der Waals surface area contributed by atoms with Gasteiger partial charge in [0.2, 0.25) is 5.91 Å². The minimum absolute atomic E-state index is 0.506. The fourth-order valence-electron chi connectivity index (χ4n) is 2.73. The van der Waals surface area contributed by atoms with Gasteiger partial charge in [0.05, 0.1) is 0 Å². The summed E-state index contributed by atoms with van der Waals surface area (Å²) in [4.78, 5) is 11.2. The van der Waals surface area contributed by atoms with E-state index in [1.165, 1.54) is 70.6 Å². The highest BCUT2D eigenvalue weighted by Gasteiger charge is 2.08. The fourth-order valence-corrected chi connectivity index (χ4v) is 2.98.